The van der Waals surface area contributed by atoms with Gasteiger partial charge in [-0.05, 0) is 39.4 Å². The van der Waals surface area contributed by atoms with E-state index in [1.807, 2.05) is 19.3 Å². The largest absolute Gasteiger partial charge is 0.353 e. The summed E-state index contributed by atoms with van der Waals surface area (Å²) in [5.41, 5.74) is 1.17. The second kappa shape index (κ2) is 6.97. The molecule has 98 valence electrons. The third-order valence-electron chi connectivity index (χ3n) is 3.09. The van der Waals surface area contributed by atoms with Crippen LogP contribution in [0.4, 0.5) is 5.82 Å². The van der Waals surface area contributed by atoms with Crippen molar-refractivity contribution in [2.45, 2.75) is 39.3 Å². The van der Waals surface area contributed by atoms with E-state index in [0.717, 1.165) is 12.4 Å². The van der Waals surface area contributed by atoms with E-state index >= 15 is 0 Å². The van der Waals surface area contributed by atoms with Crippen molar-refractivity contribution in [3.05, 3.63) is 23.9 Å². The number of nitrogens with zero attached hydrogens (tertiary/aromatic N) is 3. The molecule has 1 rings (SSSR count). The van der Waals surface area contributed by atoms with E-state index in [-0.39, 0.29) is 0 Å². The fourth-order valence-electron chi connectivity index (χ4n) is 1.80. The Bertz CT molecular complexity index is 391. The Labute approximate surface area is 110 Å². The van der Waals surface area contributed by atoms with Crippen LogP contribution in [0.2, 0.25) is 0 Å². The summed E-state index contributed by atoms with van der Waals surface area (Å²) < 4.78 is 0. The van der Waals surface area contributed by atoms with E-state index in [4.69, 9.17) is 5.26 Å². The Morgan fingerprint density at radius 1 is 1.39 bits per heavy atom. The molecule has 0 fully saturated rings. The molecule has 0 aliphatic carbocycles. The van der Waals surface area contributed by atoms with E-state index < -0.39 is 0 Å². The molecule has 18 heavy (non-hydrogen) atoms. The van der Waals surface area contributed by atoms with Gasteiger partial charge < -0.3 is 10.2 Å². The first-order chi connectivity index (χ1) is 8.60. The second-order valence-electron chi connectivity index (χ2n) is 4.66. The average Bonchev–Trinajstić information content (AvgIpc) is 2.38. The number of pyridine rings is 1. The first-order valence-electron chi connectivity index (χ1n) is 6.37. The predicted octanol–water partition coefficient (Wildman–Crippen LogP) is 2.49. The van der Waals surface area contributed by atoms with Crippen molar-refractivity contribution in [2.75, 3.05) is 18.5 Å². The lowest BCUT2D eigenvalue weighted by Gasteiger charge is -2.27. The number of hydrogen-bond acceptors (Lipinski definition) is 4. The second-order valence-corrected chi connectivity index (χ2v) is 4.66. The molecule has 0 aliphatic rings. The number of nitrogens with one attached hydrogen (secondary N) is 1. The standard InChI is InChI=1S/C14H22N4/c1-11(2)18(9-5-8-15)14-7-6-13(10-17-14)12(3)16-4/h6-7,10-12,16H,5,9H2,1-4H3. The zero-order valence-electron chi connectivity index (χ0n) is 11.6. The van der Waals surface area contributed by atoms with Crippen molar-refractivity contribution < 1.29 is 0 Å². The molecule has 0 spiro atoms. The van der Waals surface area contributed by atoms with Gasteiger partial charge in [-0.1, -0.05) is 6.07 Å². The zero-order chi connectivity index (χ0) is 13.5. The Morgan fingerprint density at radius 2 is 2.11 bits per heavy atom. The summed E-state index contributed by atoms with van der Waals surface area (Å²) in [6.07, 6.45) is 2.42. The highest BCUT2D eigenvalue weighted by Gasteiger charge is 2.12. The lowest BCUT2D eigenvalue weighted by Crippen LogP contribution is -2.32. The van der Waals surface area contributed by atoms with E-state index in [9.17, 15) is 0 Å². The topological polar surface area (TPSA) is 52.0 Å². The fourth-order valence-corrected chi connectivity index (χ4v) is 1.80. The maximum atomic E-state index is 8.69. The van der Waals surface area contributed by atoms with Crippen LogP contribution < -0.4 is 10.2 Å². The van der Waals surface area contributed by atoms with Crippen molar-refractivity contribution in [1.29, 1.82) is 5.26 Å². The normalized spacial score (nSPS) is 12.2. The molecule has 4 nitrogen and oxygen atoms in total. The van der Waals surface area contributed by atoms with Crippen LogP contribution in [0.15, 0.2) is 18.3 Å². The van der Waals surface area contributed by atoms with Crippen LogP contribution in [0.5, 0.6) is 0 Å². The summed E-state index contributed by atoms with van der Waals surface area (Å²) in [6.45, 7) is 7.06. The fraction of sp³-hybridized carbons (Fsp3) is 0.571. The molecule has 0 radical (unpaired) electrons. The monoisotopic (exact) mass is 246 g/mol. The van der Waals surface area contributed by atoms with Crippen molar-refractivity contribution in [3.8, 4) is 6.07 Å². The summed E-state index contributed by atoms with van der Waals surface area (Å²) in [6, 6.07) is 6.95. The van der Waals surface area contributed by atoms with Gasteiger partial charge in [0.15, 0.2) is 0 Å². The van der Waals surface area contributed by atoms with Crippen LogP contribution in [-0.2, 0) is 0 Å². The first-order valence-corrected chi connectivity index (χ1v) is 6.37. The molecular formula is C14H22N4. The molecule has 1 aromatic rings. The van der Waals surface area contributed by atoms with Crippen LogP contribution >= 0.6 is 0 Å². The molecule has 1 N–H and O–H groups in total. The van der Waals surface area contributed by atoms with Crippen LogP contribution in [0.3, 0.4) is 0 Å². The number of aromatic nitrogens is 1. The smallest absolute Gasteiger partial charge is 0.128 e. The van der Waals surface area contributed by atoms with Gasteiger partial charge in [0.2, 0.25) is 0 Å². The molecule has 1 atom stereocenters. The Morgan fingerprint density at radius 3 is 2.56 bits per heavy atom. The SMILES string of the molecule is CNC(C)c1ccc(N(CCC#N)C(C)C)nc1. The minimum absolute atomic E-state index is 0.304. The molecule has 0 aromatic carbocycles. The molecule has 0 aliphatic heterocycles. The third kappa shape index (κ3) is 3.71. The van der Waals surface area contributed by atoms with Gasteiger partial charge in [-0.25, -0.2) is 4.98 Å². The summed E-state index contributed by atoms with van der Waals surface area (Å²) in [7, 11) is 1.94. The molecule has 0 bridgehead atoms. The number of rotatable bonds is 6. The predicted molar refractivity (Wildman–Crippen MR) is 74.4 cm³/mol. The van der Waals surface area contributed by atoms with Crippen LogP contribution in [0.25, 0.3) is 0 Å². The minimum Gasteiger partial charge on any atom is -0.353 e. The van der Waals surface area contributed by atoms with Gasteiger partial charge in [-0.15, -0.1) is 0 Å². The van der Waals surface area contributed by atoms with Crippen LogP contribution in [0, 0.1) is 11.3 Å². The summed E-state index contributed by atoms with van der Waals surface area (Å²) in [5.74, 6) is 0.937. The van der Waals surface area contributed by atoms with Crippen molar-refractivity contribution in [2.24, 2.45) is 0 Å². The van der Waals surface area contributed by atoms with Gasteiger partial charge in [-0.3, -0.25) is 0 Å². The highest BCUT2D eigenvalue weighted by Crippen LogP contribution is 2.17. The zero-order valence-corrected chi connectivity index (χ0v) is 11.6. The lowest BCUT2D eigenvalue weighted by molar-refractivity contribution is 0.645. The summed E-state index contributed by atoms with van der Waals surface area (Å²) in [5, 5.41) is 11.9. The number of hydrogen-bond donors (Lipinski definition) is 1. The Hall–Kier alpha value is -1.60. The van der Waals surface area contributed by atoms with E-state index in [1.54, 1.807) is 0 Å². The molecule has 1 heterocycles. The maximum absolute atomic E-state index is 8.69. The third-order valence-corrected chi connectivity index (χ3v) is 3.09. The molecular weight excluding hydrogens is 224 g/mol. The first kappa shape index (κ1) is 14.5. The van der Waals surface area contributed by atoms with E-state index in [1.165, 1.54) is 5.56 Å². The number of nitriles is 1. The van der Waals surface area contributed by atoms with Gasteiger partial charge in [0.05, 0.1) is 12.5 Å². The molecule has 0 saturated carbocycles. The van der Waals surface area contributed by atoms with Crippen molar-refractivity contribution in [3.63, 3.8) is 0 Å². The van der Waals surface area contributed by atoms with E-state index in [2.05, 4.69) is 48.1 Å². The lowest BCUT2D eigenvalue weighted by atomic mass is 10.1. The minimum atomic E-state index is 0.304. The molecule has 0 saturated heterocycles. The van der Waals surface area contributed by atoms with Crippen molar-refractivity contribution in [1.82, 2.24) is 10.3 Å². The van der Waals surface area contributed by atoms with Gasteiger partial charge in [0.1, 0.15) is 5.82 Å². The van der Waals surface area contributed by atoms with Crippen LogP contribution in [-0.4, -0.2) is 24.6 Å². The number of anilines is 1. The molecule has 0 amide bonds. The van der Waals surface area contributed by atoms with E-state index in [0.29, 0.717) is 18.5 Å². The Balaban J connectivity index is 2.84. The van der Waals surface area contributed by atoms with Crippen molar-refractivity contribution >= 4 is 5.82 Å². The van der Waals surface area contributed by atoms with Gasteiger partial charge in [0.25, 0.3) is 0 Å². The summed E-state index contributed by atoms with van der Waals surface area (Å²) in [4.78, 5) is 6.65. The van der Waals surface area contributed by atoms with Crippen LogP contribution in [0.1, 0.15) is 38.8 Å². The van der Waals surface area contributed by atoms with Gasteiger partial charge in [-0.2, -0.15) is 5.26 Å². The van der Waals surface area contributed by atoms with Gasteiger partial charge in [0, 0.05) is 24.8 Å². The highest BCUT2D eigenvalue weighted by atomic mass is 15.2. The quantitative estimate of drug-likeness (QED) is 0.838. The summed E-state index contributed by atoms with van der Waals surface area (Å²) >= 11 is 0. The highest BCUT2D eigenvalue weighted by molar-refractivity contribution is 5.40. The average molecular weight is 246 g/mol. The Kier molecular flexibility index (Phi) is 5.60. The molecule has 1 aromatic heterocycles. The molecule has 4 heteroatoms. The maximum Gasteiger partial charge on any atom is 0.128 e. The molecule has 1 unspecified atom stereocenters. The van der Waals surface area contributed by atoms with Gasteiger partial charge >= 0.3 is 0 Å².